The molecule has 0 saturated carbocycles. The summed E-state index contributed by atoms with van der Waals surface area (Å²) in [6.45, 7) is 12.4. The van der Waals surface area contributed by atoms with Crippen LogP contribution in [0.4, 0.5) is 0 Å². The summed E-state index contributed by atoms with van der Waals surface area (Å²) in [4.78, 5) is 0. The average Bonchev–Trinajstić information content (AvgIpc) is 2.27. The molecule has 102 valence electrons. The van der Waals surface area contributed by atoms with Gasteiger partial charge in [0.05, 0.1) is 6.04 Å². The van der Waals surface area contributed by atoms with Crippen molar-refractivity contribution >= 4 is 11.4 Å². The van der Waals surface area contributed by atoms with E-state index in [-0.39, 0.29) is 10.8 Å². The van der Waals surface area contributed by atoms with Crippen LogP contribution in [0.1, 0.15) is 64.6 Å². The minimum Gasteiger partial charge on any atom is -0.598 e. The standard InChI is InChI=1S/C15H25NOS/c1-11(2)13-7-9-14(10-8-13)12(3)16-18(17)15(4,5)6/h7-12,16H,1-6H3/t12?,18-/m0/s1. The number of hydrogen-bond donors (Lipinski definition) is 1. The van der Waals surface area contributed by atoms with Gasteiger partial charge in [-0.15, -0.1) is 4.72 Å². The van der Waals surface area contributed by atoms with E-state index in [4.69, 9.17) is 0 Å². The third kappa shape index (κ3) is 4.30. The van der Waals surface area contributed by atoms with Crippen molar-refractivity contribution in [3.63, 3.8) is 0 Å². The van der Waals surface area contributed by atoms with E-state index < -0.39 is 11.4 Å². The van der Waals surface area contributed by atoms with Gasteiger partial charge < -0.3 is 4.55 Å². The molecule has 2 nitrogen and oxygen atoms in total. The lowest BCUT2D eigenvalue weighted by molar-refractivity contribution is 0.531. The molecule has 0 aliphatic heterocycles. The van der Waals surface area contributed by atoms with Crippen LogP contribution in [0.5, 0.6) is 0 Å². The van der Waals surface area contributed by atoms with Crippen LogP contribution in [-0.2, 0) is 11.4 Å². The second-order valence-corrected chi connectivity index (χ2v) is 8.04. The van der Waals surface area contributed by atoms with Crippen molar-refractivity contribution in [2.75, 3.05) is 0 Å². The summed E-state index contributed by atoms with van der Waals surface area (Å²) in [7, 11) is 0. The molecule has 1 rings (SSSR count). The molecule has 3 heteroatoms. The summed E-state index contributed by atoms with van der Waals surface area (Å²) < 4.78 is 15.0. The molecule has 0 fully saturated rings. The number of nitrogens with one attached hydrogen (secondary N) is 1. The van der Waals surface area contributed by atoms with Crippen LogP contribution in [-0.4, -0.2) is 9.30 Å². The highest BCUT2D eigenvalue weighted by Crippen LogP contribution is 2.21. The summed E-state index contributed by atoms with van der Waals surface area (Å²) in [5.41, 5.74) is 2.51. The monoisotopic (exact) mass is 267 g/mol. The molecule has 1 unspecified atom stereocenters. The first-order chi connectivity index (χ1) is 8.21. The minimum atomic E-state index is -1.03. The molecule has 0 aromatic heterocycles. The van der Waals surface area contributed by atoms with E-state index in [2.05, 4.69) is 42.8 Å². The van der Waals surface area contributed by atoms with Crippen molar-refractivity contribution in [3.8, 4) is 0 Å². The van der Waals surface area contributed by atoms with Crippen LogP contribution >= 0.6 is 0 Å². The zero-order chi connectivity index (χ0) is 13.9. The second-order valence-electron chi connectivity index (χ2n) is 6.04. The Balaban J connectivity index is 2.70. The van der Waals surface area contributed by atoms with Gasteiger partial charge in [0.15, 0.2) is 0 Å². The Labute approximate surface area is 114 Å². The SMILES string of the molecule is CC(C)c1ccc(C(C)N[S@@+]([O-])C(C)(C)C)cc1. The Bertz CT molecular complexity index is 367. The minimum absolute atomic E-state index is 0.103. The molecule has 18 heavy (non-hydrogen) atoms. The van der Waals surface area contributed by atoms with Crippen LogP contribution in [0.2, 0.25) is 0 Å². The van der Waals surface area contributed by atoms with Crippen molar-refractivity contribution < 1.29 is 4.55 Å². The molecule has 1 aromatic rings. The molecule has 0 aliphatic rings. The van der Waals surface area contributed by atoms with E-state index in [9.17, 15) is 4.55 Å². The van der Waals surface area contributed by atoms with Crippen LogP contribution in [0, 0.1) is 0 Å². The summed E-state index contributed by atoms with van der Waals surface area (Å²) in [6, 6.07) is 8.64. The maximum Gasteiger partial charge on any atom is 0.136 e. The topological polar surface area (TPSA) is 35.1 Å². The predicted molar refractivity (Wildman–Crippen MR) is 80.0 cm³/mol. The summed E-state index contributed by atoms with van der Waals surface area (Å²) in [6.07, 6.45) is 0. The highest BCUT2D eigenvalue weighted by atomic mass is 32.2. The fourth-order valence-corrected chi connectivity index (χ4v) is 2.39. The lowest BCUT2D eigenvalue weighted by Crippen LogP contribution is -2.40. The first-order valence-corrected chi connectivity index (χ1v) is 7.64. The Morgan fingerprint density at radius 3 is 1.83 bits per heavy atom. The Kier molecular flexibility index (Phi) is 5.26. The van der Waals surface area contributed by atoms with Crippen molar-refractivity contribution in [3.05, 3.63) is 35.4 Å². The lowest BCUT2D eigenvalue weighted by Gasteiger charge is -2.26. The van der Waals surface area contributed by atoms with Gasteiger partial charge in [0.25, 0.3) is 0 Å². The highest BCUT2D eigenvalue weighted by Gasteiger charge is 2.28. The van der Waals surface area contributed by atoms with Gasteiger partial charge >= 0.3 is 0 Å². The van der Waals surface area contributed by atoms with Crippen LogP contribution in [0.25, 0.3) is 0 Å². The molecular weight excluding hydrogens is 242 g/mol. The Morgan fingerprint density at radius 1 is 1.00 bits per heavy atom. The molecule has 1 aromatic carbocycles. The van der Waals surface area contributed by atoms with E-state index >= 15 is 0 Å². The van der Waals surface area contributed by atoms with E-state index in [0.717, 1.165) is 0 Å². The van der Waals surface area contributed by atoms with Crippen molar-refractivity contribution in [2.45, 2.75) is 58.2 Å². The third-order valence-electron chi connectivity index (χ3n) is 2.94. The van der Waals surface area contributed by atoms with E-state index in [1.165, 1.54) is 11.1 Å². The highest BCUT2D eigenvalue weighted by molar-refractivity contribution is 7.90. The zero-order valence-corrected chi connectivity index (χ0v) is 13.1. The summed E-state index contributed by atoms with van der Waals surface area (Å²) in [5, 5.41) is 0. The zero-order valence-electron chi connectivity index (χ0n) is 12.3. The molecule has 0 saturated heterocycles. The smallest absolute Gasteiger partial charge is 0.136 e. The van der Waals surface area contributed by atoms with Crippen molar-refractivity contribution in [1.82, 2.24) is 4.72 Å². The van der Waals surface area contributed by atoms with E-state index in [1.807, 2.05) is 27.7 Å². The van der Waals surface area contributed by atoms with E-state index in [1.54, 1.807) is 0 Å². The van der Waals surface area contributed by atoms with Crippen LogP contribution < -0.4 is 4.72 Å². The van der Waals surface area contributed by atoms with Crippen molar-refractivity contribution in [1.29, 1.82) is 0 Å². The van der Waals surface area contributed by atoms with Crippen LogP contribution in [0.15, 0.2) is 24.3 Å². The summed E-state index contributed by atoms with van der Waals surface area (Å²) >= 11 is -1.03. The van der Waals surface area contributed by atoms with Gasteiger partial charge in [0.1, 0.15) is 4.75 Å². The quantitative estimate of drug-likeness (QED) is 0.839. The molecule has 0 spiro atoms. The maximum atomic E-state index is 12.0. The maximum absolute atomic E-state index is 12.0. The fraction of sp³-hybridized carbons (Fsp3) is 0.600. The molecule has 0 amide bonds. The van der Waals surface area contributed by atoms with Gasteiger partial charge in [-0.05, 0) is 44.7 Å². The normalized spacial score (nSPS) is 15.8. The van der Waals surface area contributed by atoms with Gasteiger partial charge in [0, 0.05) is 11.4 Å². The number of benzene rings is 1. The molecule has 2 atom stereocenters. The van der Waals surface area contributed by atoms with Crippen LogP contribution in [0.3, 0.4) is 0 Å². The molecule has 0 radical (unpaired) electrons. The van der Waals surface area contributed by atoms with Gasteiger partial charge in [-0.1, -0.05) is 38.1 Å². The second kappa shape index (κ2) is 6.09. The Hall–Kier alpha value is -0.510. The first-order valence-electron chi connectivity index (χ1n) is 6.49. The fourth-order valence-electron chi connectivity index (χ4n) is 1.57. The van der Waals surface area contributed by atoms with Gasteiger partial charge in [-0.3, -0.25) is 0 Å². The third-order valence-corrected chi connectivity index (χ3v) is 4.62. The van der Waals surface area contributed by atoms with Gasteiger partial charge in [-0.2, -0.15) is 0 Å². The lowest BCUT2D eigenvalue weighted by atomic mass is 10.00. The first kappa shape index (κ1) is 15.5. The molecule has 0 bridgehead atoms. The largest absolute Gasteiger partial charge is 0.598 e. The molecular formula is C15H25NOS. The molecule has 1 N–H and O–H groups in total. The number of rotatable bonds is 4. The predicted octanol–water partition coefficient (Wildman–Crippen LogP) is 3.92. The average molecular weight is 267 g/mol. The Morgan fingerprint density at radius 2 is 1.44 bits per heavy atom. The number of hydrogen-bond acceptors (Lipinski definition) is 2. The van der Waals surface area contributed by atoms with Gasteiger partial charge in [0.2, 0.25) is 0 Å². The molecule has 0 heterocycles. The molecule has 0 aliphatic carbocycles. The summed E-state index contributed by atoms with van der Waals surface area (Å²) in [5.74, 6) is 0.547. The van der Waals surface area contributed by atoms with Crippen molar-refractivity contribution in [2.24, 2.45) is 0 Å². The van der Waals surface area contributed by atoms with E-state index in [0.29, 0.717) is 5.92 Å². The van der Waals surface area contributed by atoms with Gasteiger partial charge in [-0.25, -0.2) is 0 Å².